The summed E-state index contributed by atoms with van der Waals surface area (Å²) in [6.45, 7) is 0. The Bertz CT molecular complexity index is 612. The third-order valence-electron chi connectivity index (χ3n) is 2.07. The standard InChI is InChI=1S/C9H7FN2O2/c1-12-7-4-5(10)2-3-6(7)11-8(13)9(12)14/h2-4H,1H3,(H,11,13). The van der Waals surface area contributed by atoms with Crippen molar-refractivity contribution in [3.05, 3.63) is 44.7 Å². The van der Waals surface area contributed by atoms with E-state index < -0.39 is 16.9 Å². The van der Waals surface area contributed by atoms with Gasteiger partial charge in [0.2, 0.25) is 0 Å². The quantitative estimate of drug-likeness (QED) is 0.616. The van der Waals surface area contributed by atoms with Gasteiger partial charge < -0.3 is 9.55 Å². The van der Waals surface area contributed by atoms with Crippen LogP contribution in [0.3, 0.4) is 0 Å². The Hall–Kier alpha value is -1.91. The number of hydrogen-bond donors (Lipinski definition) is 1. The van der Waals surface area contributed by atoms with Gasteiger partial charge in [0.15, 0.2) is 0 Å². The molecule has 0 fully saturated rings. The summed E-state index contributed by atoms with van der Waals surface area (Å²) in [7, 11) is 1.43. The van der Waals surface area contributed by atoms with E-state index in [1.165, 1.54) is 25.2 Å². The summed E-state index contributed by atoms with van der Waals surface area (Å²) in [6.07, 6.45) is 0. The van der Waals surface area contributed by atoms with Crippen LogP contribution in [0.1, 0.15) is 0 Å². The Labute approximate surface area is 77.6 Å². The predicted octanol–water partition coefficient (Wildman–Crippen LogP) is 0.366. The molecular weight excluding hydrogens is 187 g/mol. The smallest absolute Gasteiger partial charge is 0.316 e. The molecular formula is C9H7FN2O2. The van der Waals surface area contributed by atoms with E-state index in [2.05, 4.69) is 4.98 Å². The third-order valence-corrected chi connectivity index (χ3v) is 2.07. The maximum Gasteiger partial charge on any atom is 0.316 e. The van der Waals surface area contributed by atoms with E-state index >= 15 is 0 Å². The highest BCUT2D eigenvalue weighted by Gasteiger charge is 2.04. The van der Waals surface area contributed by atoms with Crippen LogP contribution in [0.5, 0.6) is 0 Å². The van der Waals surface area contributed by atoms with Crippen molar-refractivity contribution in [1.29, 1.82) is 0 Å². The van der Waals surface area contributed by atoms with E-state index in [-0.39, 0.29) is 0 Å². The highest BCUT2D eigenvalue weighted by Crippen LogP contribution is 2.08. The molecule has 4 nitrogen and oxygen atoms in total. The number of nitrogens with one attached hydrogen (secondary N) is 1. The molecule has 0 spiro atoms. The lowest BCUT2D eigenvalue weighted by Gasteiger charge is -2.02. The number of aromatic amines is 1. The number of fused-ring (bicyclic) bond motifs is 1. The van der Waals surface area contributed by atoms with Gasteiger partial charge in [0, 0.05) is 7.05 Å². The molecule has 1 aromatic carbocycles. The molecule has 0 saturated heterocycles. The van der Waals surface area contributed by atoms with Crippen molar-refractivity contribution >= 4 is 11.0 Å². The lowest BCUT2D eigenvalue weighted by Crippen LogP contribution is -2.34. The molecule has 0 aliphatic heterocycles. The molecule has 72 valence electrons. The number of aromatic nitrogens is 2. The minimum absolute atomic E-state index is 0.370. The second-order valence-electron chi connectivity index (χ2n) is 2.98. The zero-order valence-corrected chi connectivity index (χ0v) is 7.37. The molecule has 2 rings (SSSR count). The van der Waals surface area contributed by atoms with Crippen LogP contribution in [0.4, 0.5) is 4.39 Å². The largest absolute Gasteiger partial charge is 0.316 e. The topological polar surface area (TPSA) is 54.9 Å². The molecule has 0 aliphatic carbocycles. The first-order valence-corrected chi connectivity index (χ1v) is 3.98. The molecule has 14 heavy (non-hydrogen) atoms. The normalized spacial score (nSPS) is 10.7. The molecule has 0 saturated carbocycles. The molecule has 0 bridgehead atoms. The van der Waals surface area contributed by atoms with Crippen molar-refractivity contribution in [1.82, 2.24) is 9.55 Å². The maximum absolute atomic E-state index is 12.8. The predicted molar refractivity (Wildman–Crippen MR) is 49.8 cm³/mol. The number of nitrogens with zero attached hydrogens (tertiary/aromatic N) is 1. The van der Waals surface area contributed by atoms with Gasteiger partial charge in [0.25, 0.3) is 0 Å². The van der Waals surface area contributed by atoms with Gasteiger partial charge in [0.05, 0.1) is 11.0 Å². The second-order valence-corrected chi connectivity index (χ2v) is 2.98. The monoisotopic (exact) mass is 194 g/mol. The van der Waals surface area contributed by atoms with Crippen LogP contribution in [0.25, 0.3) is 11.0 Å². The average Bonchev–Trinajstić information content (AvgIpc) is 2.16. The van der Waals surface area contributed by atoms with Gasteiger partial charge >= 0.3 is 11.1 Å². The molecule has 0 unspecified atom stereocenters. The van der Waals surface area contributed by atoms with E-state index in [0.717, 1.165) is 4.57 Å². The van der Waals surface area contributed by atoms with Crippen molar-refractivity contribution in [3.63, 3.8) is 0 Å². The summed E-state index contributed by atoms with van der Waals surface area (Å²) in [5.41, 5.74) is -0.581. The van der Waals surface area contributed by atoms with E-state index in [9.17, 15) is 14.0 Å². The van der Waals surface area contributed by atoms with Crippen LogP contribution in [0, 0.1) is 5.82 Å². The minimum atomic E-state index is -0.702. The third kappa shape index (κ3) is 1.14. The number of rotatable bonds is 0. The van der Waals surface area contributed by atoms with Crippen molar-refractivity contribution in [2.75, 3.05) is 0 Å². The Morgan fingerprint density at radius 2 is 2.07 bits per heavy atom. The van der Waals surface area contributed by atoms with E-state index in [4.69, 9.17) is 0 Å². The van der Waals surface area contributed by atoms with Crippen LogP contribution in [-0.4, -0.2) is 9.55 Å². The maximum atomic E-state index is 12.8. The number of halogens is 1. The molecule has 0 radical (unpaired) electrons. The number of aryl methyl sites for hydroxylation is 1. The molecule has 1 N–H and O–H groups in total. The fraction of sp³-hybridized carbons (Fsp3) is 0.111. The number of H-pyrrole nitrogens is 1. The van der Waals surface area contributed by atoms with Gasteiger partial charge in [-0.15, -0.1) is 0 Å². The Kier molecular flexibility index (Phi) is 1.73. The molecule has 1 aromatic heterocycles. The van der Waals surface area contributed by atoms with E-state index in [1.54, 1.807) is 0 Å². The summed E-state index contributed by atoms with van der Waals surface area (Å²) in [6, 6.07) is 3.85. The van der Waals surface area contributed by atoms with Gasteiger partial charge in [-0.05, 0) is 18.2 Å². The molecule has 0 amide bonds. The molecule has 0 atom stereocenters. The van der Waals surface area contributed by atoms with Gasteiger partial charge in [-0.2, -0.15) is 0 Å². The SMILES string of the molecule is Cn1c(=O)c(=O)[nH]c2ccc(F)cc21. The zero-order chi connectivity index (χ0) is 10.3. The lowest BCUT2D eigenvalue weighted by molar-refractivity contribution is 0.628. The van der Waals surface area contributed by atoms with Crippen LogP contribution in [0.2, 0.25) is 0 Å². The van der Waals surface area contributed by atoms with Crippen LogP contribution >= 0.6 is 0 Å². The Balaban J connectivity index is 3.07. The summed E-state index contributed by atoms with van der Waals surface area (Å²) < 4.78 is 14.0. The van der Waals surface area contributed by atoms with E-state index in [0.29, 0.717) is 11.0 Å². The fourth-order valence-corrected chi connectivity index (χ4v) is 1.33. The average molecular weight is 194 g/mol. The van der Waals surface area contributed by atoms with Gasteiger partial charge in [-0.3, -0.25) is 9.59 Å². The van der Waals surface area contributed by atoms with Gasteiger partial charge in [-0.25, -0.2) is 4.39 Å². The summed E-state index contributed by atoms with van der Waals surface area (Å²) in [5, 5.41) is 0. The van der Waals surface area contributed by atoms with Crippen LogP contribution in [-0.2, 0) is 7.05 Å². The highest BCUT2D eigenvalue weighted by molar-refractivity contribution is 5.74. The van der Waals surface area contributed by atoms with Crippen molar-refractivity contribution in [2.45, 2.75) is 0 Å². The Morgan fingerprint density at radius 1 is 1.36 bits per heavy atom. The first-order valence-electron chi connectivity index (χ1n) is 3.98. The molecule has 0 aliphatic rings. The second kappa shape index (κ2) is 2.80. The first-order chi connectivity index (χ1) is 6.59. The Morgan fingerprint density at radius 3 is 2.79 bits per heavy atom. The number of hydrogen-bond acceptors (Lipinski definition) is 2. The summed E-state index contributed by atoms with van der Waals surface area (Å²) in [4.78, 5) is 24.6. The minimum Gasteiger partial charge on any atom is -0.316 e. The van der Waals surface area contributed by atoms with Crippen LogP contribution in [0.15, 0.2) is 27.8 Å². The van der Waals surface area contributed by atoms with E-state index in [1.807, 2.05) is 0 Å². The molecule has 5 heteroatoms. The first kappa shape index (κ1) is 8.68. The van der Waals surface area contributed by atoms with Gasteiger partial charge in [0.1, 0.15) is 5.82 Å². The van der Waals surface area contributed by atoms with Crippen LogP contribution < -0.4 is 11.1 Å². The lowest BCUT2D eigenvalue weighted by atomic mass is 10.3. The molecule has 1 heterocycles. The zero-order valence-electron chi connectivity index (χ0n) is 7.37. The highest BCUT2D eigenvalue weighted by atomic mass is 19.1. The van der Waals surface area contributed by atoms with Crippen molar-refractivity contribution in [3.8, 4) is 0 Å². The summed E-state index contributed by atoms with van der Waals surface area (Å²) >= 11 is 0. The summed E-state index contributed by atoms with van der Waals surface area (Å²) in [5.74, 6) is -0.445. The molecule has 2 aromatic rings. The number of benzene rings is 1. The van der Waals surface area contributed by atoms with Crippen molar-refractivity contribution in [2.24, 2.45) is 7.05 Å². The van der Waals surface area contributed by atoms with Crippen molar-refractivity contribution < 1.29 is 4.39 Å². The fourth-order valence-electron chi connectivity index (χ4n) is 1.33. The van der Waals surface area contributed by atoms with Gasteiger partial charge in [-0.1, -0.05) is 0 Å².